The topological polar surface area (TPSA) is 90.0 Å². The minimum Gasteiger partial charge on any atom is -0.480 e. The van der Waals surface area contributed by atoms with E-state index in [1.807, 2.05) is 13.8 Å². The van der Waals surface area contributed by atoms with Crippen molar-refractivity contribution in [2.45, 2.75) is 58.4 Å². The van der Waals surface area contributed by atoms with Gasteiger partial charge in [-0.1, -0.05) is 26.7 Å². The zero-order valence-electron chi connectivity index (χ0n) is 14.2. The number of carboxylic acid groups (broad SMARTS) is 1. The number of amides is 3. The highest BCUT2D eigenvalue weighted by Gasteiger charge is 2.34. The van der Waals surface area contributed by atoms with Crippen molar-refractivity contribution >= 4 is 17.9 Å². The first-order chi connectivity index (χ1) is 11.0. The molecule has 1 aliphatic heterocycles. The molecule has 132 valence electrons. The number of likely N-dealkylation sites (tertiary alicyclic amines) is 1. The maximum Gasteiger partial charge on any atom is 0.326 e. The Labute approximate surface area is 138 Å². The van der Waals surface area contributed by atoms with E-state index in [1.165, 1.54) is 9.80 Å². The van der Waals surface area contributed by atoms with Crippen LogP contribution in [0.2, 0.25) is 0 Å². The SMILES string of the molecule is CCCCNC(=O)N(CCCC)CC(=O)N1CCC[C@@H]1C(=O)O. The average molecular weight is 327 g/mol. The third kappa shape index (κ3) is 6.08. The van der Waals surface area contributed by atoms with Gasteiger partial charge in [-0.15, -0.1) is 0 Å². The highest BCUT2D eigenvalue weighted by Crippen LogP contribution is 2.17. The van der Waals surface area contributed by atoms with Gasteiger partial charge in [-0.25, -0.2) is 9.59 Å². The number of rotatable bonds is 9. The lowest BCUT2D eigenvalue weighted by Gasteiger charge is -2.27. The first-order valence-corrected chi connectivity index (χ1v) is 8.56. The second-order valence-corrected chi connectivity index (χ2v) is 5.94. The minimum atomic E-state index is -0.969. The normalized spacial score (nSPS) is 17.1. The van der Waals surface area contributed by atoms with Crippen LogP contribution in [0.15, 0.2) is 0 Å². The highest BCUT2D eigenvalue weighted by molar-refractivity contribution is 5.88. The number of carbonyl (C=O) groups is 3. The van der Waals surface area contributed by atoms with Crippen LogP contribution < -0.4 is 5.32 Å². The second-order valence-electron chi connectivity index (χ2n) is 5.94. The Hall–Kier alpha value is -1.79. The number of urea groups is 1. The molecule has 1 saturated heterocycles. The van der Waals surface area contributed by atoms with Gasteiger partial charge in [-0.05, 0) is 25.7 Å². The summed E-state index contributed by atoms with van der Waals surface area (Å²) in [4.78, 5) is 38.7. The van der Waals surface area contributed by atoms with E-state index < -0.39 is 12.0 Å². The minimum absolute atomic E-state index is 0.0538. The molecule has 3 amide bonds. The van der Waals surface area contributed by atoms with E-state index >= 15 is 0 Å². The Kier molecular flexibility index (Phi) is 8.43. The van der Waals surface area contributed by atoms with Crippen molar-refractivity contribution in [3.63, 3.8) is 0 Å². The van der Waals surface area contributed by atoms with Gasteiger partial charge in [0, 0.05) is 19.6 Å². The number of carbonyl (C=O) groups excluding carboxylic acids is 2. The van der Waals surface area contributed by atoms with Gasteiger partial charge in [0.05, 0.1) is 0 Å². The van der Waals surface area contributed by atoms with E-state index in [-0.39, 0.29) is 18.5 Å². The summed E-state index contributed by atoms with van der Waals surface area (Å²) in [6, 6.07) is -0.995. The van der Waals surface area contributed by atoms with Gasteiger partial charge in [0.2, 0.25) is 5.91 Å². The molecular weight excluding hydrogens is 298 g/mol. The number of aliphatic carboxylic acids is 1. The Bertz CT molecular complexity index is 414. The Morgan fingerprint density at radius 1 is 1.22 bits per heavy atom. The smallest absolute Gasteiger partial charge is 0.326 e. The van der Waals surface area contributed by atoms with Crippen molar-refractivity contribution in [1.29, 1.82) is 0 Å². The predicted octanol–water partition coefficient (Wildman–Crippen LogP) is 1.67. The molecule has 0 spiro atoms. The molecule has 2 N–H and O–H groups in total. The van der Waals surface area contributed by atoms with Gasteiger partial charge >= 0.3 is 12.0 Å². The molecular formula is C16H29N3O4. The summed E-state index contributed by atoms with van der Waals surface area (Å²) in [7, 11) is 0. The molecule has 0 saturated carbocycles. The van der Waals surface area contributed by atoms with Crippen LogP contribution in [0.4, 0.5) is 4.79 Å². The van der Waals surface area contributed by atoms with Crippen molar-refractivity contribution in [2.75, 3.05) is 26.2 Å². The number of hydrogen-bond acceptors (Lipinski definition) is 3. The lowest BCUT2D eigenvalue weighted by Crippen LogP contribution is -2.49. The number of hydrogen-bond donors (Lipinski definition) is 2. The van der Waals surface area contributed by atoms with Crippen LogP contribution in [-0.4, -0.2) is 65.0 Å². The molecule has 1 fully saturated rings. The molecule has 7 heteroatoms. The lowest BCUT2D eigenvalue weighted by atomic mass is 10.2. The molecule has 1 heterocycles. The van der Waals surface area contributed by atoms with Crippen molar-refractivity contribution in [1.82, 2.24) is 15.1 Å². The van der Waals surface area contributed by atoms with Gasteiger partial charge in [-0.2, -0.15) is 0 Å². The zero-order valence-corrected chi connectivity index (χ0v) is 14.2. The third-order valence-corrected chi connectivity index (χ3v) is 4.06. The summed E-state index contributed by atoms with van der Waals surface area (Å²) >= 11 is 0. The monoisotopic (exact) mass is 327 g/mol. The molecule has 23 heavy (non-hydrogen) atoms. The van der Waals surface area contributed by atoms with Crippen molar-refractivity contribution in [2.24, 2.45) is 0 Å². The van der Waals surface area contributed by atoms with Crippen LogP contribution in [0.1, 0.15) is 52.4 Å². The van der Waals surface area contributed by atoms with Crippen LogP contribution in [0.25, 0.3) is 0 Å². The molecule has 0 aliphatic carbocycles. The summed E-state index contributed by atoms with van der Waals surface area (Å²) in [6.45, 7) is 5.57. The van der Waals surface area contributed by atoms with Gasteiger partial charge in [0.1, 0.15) is 12.6 Å². The molecule has 1 rings (SSSR count). The average Bonchev–Trinajstić information content (AvgIpc) is 3.01. The van der Waals surface area contributed by atoms with Crippen molar-refractivity contribution < 1.29 is 19.5 Å². The summed E-state index contributed by atoms with van der Waals surface area (Å²) in [6.07, 6.45) is 4.81. The number of unbranched alkanes of at least 4 members (excludes halogenated alkanes) is 2. The van der Waals surface area contributed by atoms with Crippen LogP contribution in [0.3, 0.4) is 0 Å². The van der Waals surface area contributed by atoms with Crippen molar-refractivity contribution in [3.05, 3.63) is 0 Å². The number of nitrogens with one attached hydrogen (secondary N) is 1. The van der Waals surface area contributed by atoms with Gasteiger partial charge in [0.25, 0.3) is 0 Å². The first-order valence-electron chi connectivity index (χ1n) is 8.56. The van der Waals surface area contributed by atoms with Crippen molar-refractivity contribution in [3.8, 4) is 0 Å². The van der Waals surface area contributed by atoms with Gasteiger partial charge < -0.3 is 20.2 Å². The molecule has 0 aromatic heterocycles. The largest absolute Gasteiger partial charge is 0.480 e. The lowest BCUT2D eigenvalue weighted by molar-refractivity contribution is -0.148. The molecule has 0 aromatic carbocycles. The summed E-state index contributed by atoms with van der Waals surface area (Å²) in [5.74, 6) is -1.25. The van der Waals surface area contributed by atoms with E-state index in [0.29, 0.717) is 32.5 Å². The third-order valence-electron chi connectivity index (χ3n) is 4.06. The fourth-order valence-corrected chi connectivity index (χ4v) is 2.66. The van der Waals surface area contributed by atoms with Crippen LogP contribution in [0.5, 0.6) is 0 Å². The number of carboxylic acids is 1. The number of nitrogens with zero attached hydrogens (tertiary/aromatic N) is 2. The molecule has 1 aliphatic rings. The Balaban J connectivity index is 2.62. The Morgan fingerprint density at radius 3 is 2.52 bits per heavy atom. The van der Waals surface area contributed by atoms with E-state index in [9.17, 15) is 19.5 Å². The highest BCUT2D eigenvalue weighted by atomic mass is 16.4. The van der Waals surface area contributed by atoms with E-state index in [2.05, 4.69) is 5.32 Å². The predicted molar refractivity (Wildman–Crippen MR) is 87.2 cm³/mol. The van der Waals surface area contributed by atoms with Crippen LogP contribution in [0, 0.1) is 0 Å². The fraction of sp³-hybridized carbons (Fsp3) is 0.812. The van der Waals surface area contributed by atoms with E-state index in [4.69, 9.17) is 0 Å². The summed E-state index contributed by atoms with van der Waals surface area (Å²) in [5.41, 5.74) is 0. The second kappa shape index (κ2) is 10.1. The standard InChI is InChI=1S/C16H29N3O4/c1-3-5-9-17-16(23)18(10-6-4-2)12-14(20)19-11-7-8-13(19)15(21)22/h13H,3-12H2,1-2H3,(H,17,23)(H,21,22)/t13-/m1/s1. The molecule has 0 aromatic rings. The quantitative estimate of drug-likeness (QED) is 0.630. The first kappa shape index (κ1) is 19.3. The maximum absolute atomic E-state index is 12.4. The molecule has 0 unspecified atom stereocenters. The van der Waals surface area contributed by atoms with Crippen LogP contribution >= 0.6 is 0 Å². The van der Waals surface area contributed by atoms with E-state index in [1.54, 1.807) is 0 Å². The molecule has 0 bridgehead atoms. The molecule has 7 nitrogen and oxygen atoms in total. The Morgan fingerprint density at radius 2 is 1.91 bits per heavy atom. The van der Waals surface area contributed by atoms with Crippen LogP contribution in [-0.2, 0) is 9.59 Å². The molecule has 1 atom stereocenters. The van der Waals surface area contributed by atoms with Gasteiger partial charge in [0.15, 0.2) is 0 Å². The zero-order chi connectivity index (χ0) is 17.2. The van der Waals surface area contributed by atoms with E-state index in [0.717, 1.165) is 25.7 Å². The van der Waals surface area contributed by atoms with Gasteiger partial charge in [-0.3, -0.25) is 4.79 Å². The summed E-state index contributed by atoms with van der Waals surface area (Å²) < 4.78 is 0. The maximum atomic E-state index is 12.4. The summed E-state index contributed by atoms with van der Waals surface area (Å²) in [5, 5.41) is 12.0. The molecule has 0 radical (unpaired) electrons. The fourth-order valence-electron chi connectivity index (χ4n) is 2.66.